The summed E-state index contributed by atoms with van der Waals surface area (Å²) in [5.74, 6) is -0.0872. The summed E-state index contributed by atoms with van der Waals surface area (Å²) in [4.78, 5) is 18.1. The van der Waals surface area contributed by atoms with Crippen LogP contribution in [0.3, 0.4) is 0 Å². The maximum atomic E-state index is 11.9. The third kappa shape index (κ3) is 3.27. The monoisotopic (exact) mass is 290 g/mol. The van der Waals surface area contributed by atoms with Crippen molar-refractivity contribution >= 4 is 28.6 Å². The van der Waals surface area contributed by atoms with E-state index in [1.807, 2.05) is 30.3 Å². The van der Waals surface area contributed by atoms with Crippen LogP contribution in [-0.2, 0) is 6.54 Å². The number of hydrogen-bond acceptors (Lipinski definition) is 5. The number of carbonyl (C=O) groups excluding carboxylic acids is 1. The molecule has 3 N–H and O–H groups in total. The molecule has 0 bridgehead atoms. The van der Waals surface area contributed by atoms with Crippen LogP contribution < -0.4 is 16.0 Å². The molecule has 2 rings (SSSR count). The van der Waals surface area contributed by atoms with E-state index in [2.05, 4.69) is 10.3 Å². The summed E-state index contributed by atoms with van der Waals surface area (Å²) in [5.41, 5.74) is 10.9. The highest BCUT2D eigenvalue weighted by Gasteiger charge is 2.11. The number of aromatic nitrogens is 1. The molecule has 5 nitrogen and oxygen atoms in total. The molecule has 0 aliphatic heterocycles. The Morgan fingerprint density at radius 3 is 2.95 bits per heavy atom. The van der Waals surface area contributed by atoms with Gasteiger partial charge in [0.15, 0.2) is 0 Å². The van der Waals surface area contributed by atoms with Crippen molar-refractivity contribution in [2.24, 2.45) is 0 Å². The number of carbonyl (C=O) groups is 1. The first-order valence-corrected chi connectivity index (χ1v) is 7.32. The Labute approximate surface area is 122 Å². The van der Waals surface area contributed by atoms with Crippen LogP contribution in [0.1, 0.15) is 23.0 Å². The number of amides is 1. The Balaban J connectivity index is 2.21. The molecule has 0 aliphatic carbocycles. The third-order valence-electron chi connectivity index (χ3n) is 2.92. The van der Waals surface area contributed by atoms with E-state index < -0.39 is 0 Å². The molecule has 0 unspecified atom stereocenters. The Morgan fingerprint density at radius 2 is 2.30 bits per heavy atom. The second kappa shape index (κ2) is 6.38. The van der Waals surface area contributed by atoms with Gasteiger partial charge in [-0.05, 0) is 25.1 Å². The molecule has 0 saturated heterocycles. The van der Waals surface area contributed by atoms with Gasteiger partial charge >= 0.3 is 0 Å². The molecule has 0 saturated carbocycles. The summed E-state index contributed by atoms with van der Waals surface area (Å²) in [5, 5.41) is 4.78. The van der Waals surface area contributed by atoms with Gasteiger partial charge in [0.2, 0.25) is 0 Å². The number of nitrogens with one attached hydrogen (secondary N) is 1. The Bertz CT molecular complexity index is 583. The van der Waals surface area contributed by atoms with E-state index in [1.54, 1.807) is 29.0 Å². The van der Waals surface area contributed by atoms with E-state index in [-0.39, 0.29) is 5.91 Å². The third-order valence-corrected chi connectivity index (χ3v) is 3.56. The van der Waals surface area contributed by atoms with E-state index in [4.69, 9.17) is 5.73 Å². The second-order valence-electron chi connectivity index (χ2n) is 4.47. The summed E-state index contributed by atoms with van der Waals surface area (Å²) >= 11 is 1.56. The zero-order chi connectivity index (χ0) is 14.5. The van der Waals surface area contributed by atoms with Crippen molar-refractivity contribution in [1.82, 2.24) is 10.3 Å². The summed E-state index contributed by atoms with van der Waals surface area (Å²) in [6, 6.07) is 5.31. The number of thiazole rings is 1. The van der Waals surface area contributed by atoms with Crippen LogP contribution in [0.5, 0.6) is 0 Å². The van der Waals surface area contributed by atoms with Crippen molar-refractivity contribution in [2.45, 2.75) is 13.5 Å². The van der Waals surface area contributed by atoms with Gasteiger partial charge < -0.3 is 16.0 Å². The van der Waals surface area contributed by atoms with E-state index in [1.165, 1.54) is 0 Å². The van der Waals surface area contributed by atoms with Crippen molar-refractivity contribution in [2.75, 3.05) is 24.2 Å². The molecule has 1 aromatic carbocycles. The van der Waals surface area contributed by atoms with E-state index in [9.17, 15) is 4.79 Å². The molecular weight excluding hydrogens is 272 g/mol. The first kappa shape index (κ1) is 14.3. The highest BCUT2D eigenvalue weighted by atomic mass is 32.1. The van der Waals surface area contributed by atoms with Crippen LogP contribution in [0, 0.1) is 0 Å². The number of nitrogens with two attached hydrogens (primary N) is 1. The predicted octanol–water partition coefficient (Wildman–Crippen LogP) is 2.11. The van der Waals surface area contributed by atoms with E-state index >= 15 is 0 Å². The quantitative estimate of drug-likeness (QED) is 0.827. The molecule has 20 heavy (non-hydrogen) atoms. The van der Waals surface area contributed by atoms with Crippen LogP contribution in [-0.4, -0.2) is 24.5 Å². The molecule has 0 radical (unpaired) electrons. The Hall–Kier alpha value is -2.08. The molecule has 1 heterocycles. The van der Waals surface area contributed by atoms with Crippen molar-refractivity contribution in [3.63, 3.8) is 0 Å². The fraction of sp³-hybridized carbons (Fsp3) is 0.286. The lowest BCUT2D eigenvalue weighted by Gasteiger charge is -2.20. The summed E-state index contributed by atoms with van der Waals surface area (Å²) in [6.45, 7) is 3.16. The molecule has 0 aliphatic rings. The van der Waals surface area contributed by atoms with Gasteiger partial charge in [-0.3, -0.25) is 4.79 Å². The second-order valence-corrected chi connectivity index (χ2v) is 5.19. The molecule has 0 fully saturated rings. The van der Waals surface area contributed by atoms with Gasteiger partial charge in [0.05, 0.1) is 29.1 Å². The topological polar surface area (TPSA) is 71.2 Å². The number of hydrogen-bond donors (Lipinski definition) is 2. The van der Waals surface area contributed by atoms with Crippen molar-refractivity contribution < 1.29 is 4.79 Å². The normalized spacial score (nSPS) is 10.3. The van der Waals surface area contributed by atoms with Gasteiger partial charge in [0, 0.05) is 24.5 Å². The van der Waals surface area contributed by atoms with Gasteiger partial charge in [0.25, 0.3) is 5.91 Å². The van der Waals surface area contributed by atoms with Crippen LogP contribution >= 0.6 is 11.3 Å². The lowest BCUT2D eigenvalue weighted by atomic mass is 10.1. The molecular formula is C14H18N4OS. The fourth-order valence-electron chi connectivity index (χ4n) is 1.92. The van der Waals surface area contributed by atoms with E-state index in [0.29, 0.717) is 24.3 Å². The minimum atomic E-state index is -0.0872. The maximum absolute atomic E-state index is 11.9. The van der Waals surface area contributed by atoms with Gasteiger partial charge in [-0.15, -0.1) is 11.3 Å². The Kier molecular flexibility index (Phi) is 4.57. The summed E-state index contributed by atoms with van der Waals surface area (Å²) in [7, 11) is 1.94. The van der Waals surface area contributed by atoms with E-state index in [0.717, 1.165) is 11.4 Å². The molecule has 1 amide bonds. The minimum absolute atomic E-state index is 0.0872. The van der Waals surface area contributed by atoms with Crippen LogP contribution in [0.4, 0.5) is 11.4 Å². The maximum Gasteiger partial charge on any atom is 0.251 e. The lowest BCUT2D eigenvalue weighted by Crippen LogP contribution is -2.24. The zero-order valence-corrected chi connectivity index (χ0v) is 12.4. The average Bonchev–Trinajstić information content (AvgIpc) is 2.92. The largest absolute Gasteiger partial charge is 0.397 e. The van der Waals surface area contributed by atoms with Gasteiger partial charge in [-0.1, -0.05) is 0 Å². The highest BCUT2D eigenvalue weighted by Crippen LogP contribution is 2.25. The SMILES string of the molecule is CCNC(=O)c1ccc(N)c(N(C)Cc2cscn2)c1. The Morgan fingerprint density at radius 1 is 1.50 bits per heavy atom. The van der Waals surface area contributed by atoms with Crippen LogP contribution in [0.25, 0.3) is 0 Å². The first-order valence-electron chi connectivity index (χ1n) is 6.37. The van der Waals surface area contributed by atoms with Crippen molar-refractivity contribution in [3.05, 3.63) is 40.3 Å². The van der Waals surface area contributed by atoms with Gasteiger partial charge in [-0.25, -0.2) is 4.98 Å². The van der Waals surface area contributed by atoms with Crippen LogP contribution in [0.2, 0.25) is 0 Å². The van der Waals surface area contributed by atoms with Gasteiger partial charge in [0.1, 0.15) is 0 Å². The number of nitrogens with zero attached hydrogens (tertiary/aromatic N) is 2. The standard InChI is InChI=1S/C14H18N4OS/c1-3-16-14(19)10-4-5-12(15)13(6-10)18(2)7-11-8-20-9-17-11/h4-6,8-9H,3,7,15H2,1-2H3,(H,16,19). The van der Waals surface area contributed by atoms with Crippen LogP contribution in [0.15, 0.2) is 29.1 Å². The molecule has 0 atom stereocenters. The molecule has 2 aromatic rings. The first-order chi connectivity index (χ1) is 9.61. The lowest BCUT2D eigenvalue weighted by molar-refractivity contribution is 0.0956. The molecule has 106 valence electrons. The summed E-state index contributed by atoms with van der Waals surface area (Å²) in [6.07, 6.45) is 0. The zero-order valence-electron chi connectivity index (χ0n) is 11.6. The fourth-order valence-corrected chi connectivity index (χ4v) is 2.47. The molecule has 0 spiro atoms. The number of benzene rings is 1. The van der Waals surface area contributed by atoms with Gasteiger partial charge in [-0.2, -0.15) is 0 Å². The average molecular weight is 290 g/mol. The highest BCUT2D eigenvalue weighted by molar-refractivity contribution is 7.07. The number of nitrogen functional groups attached to an aromatic ring is 1. The minimum Gasteiger partial charge on any atom is -0.397 e. The molecule has 1 aromatic heterocycles. The summed E-state index contributed by atoms with van der Waals surface area (Å²) < 4.78 is 0. The smallest absolute Gasteiger partial charge is 0.251 e. The molecule has 6 heteroatoms. The predicted molar refractivity (Wildman–Crippen MR) is 83.1 cm³/mol. The number of rotatable bonds is 5. The van der Waals surface area contributed by atoms with Crippen molar-refractivity contribution in [1.29, 1.82) is 0 Å². The number of anilines is 2. The van der Waals surface area contributed by atoms with Crippen molar-refractivity contribution in [3.8, 4) is 0 Å².